The zero-order valence-corrected chi connectivity index (χ0v) is 10.1. The van der Waals surface area contributed by atoms with E-state index >= 15 is 0 Å². The van der Waals surface area contributed by atoms with Crippen LogP contribution in [0, 0.1) is 0 Å². The number of aliphatic imine (C=N–C) groups is 2. The van der Waals surface area contributed by atoms with Crippen LogP contribution in [0.4, 0.5) is 19.0 Å². The van der Waals surface area contributed by atoms with Gasteiger partial charge in [-0.25, -0.2) is 9.98 Å². The molecule has 2 heterocycles. The Kier molecular flexibility index (Phi) is 3.45. The van der Waals surface area contributed by atoms with E-state index in [0.717, 1.165) is 0 Å². The number of hydrogen-bond donors (Lipinski definition) is 0. The van der Waals surface area contributed by atoms with Gasteiger partial charge in [0.2, 0.25) is 16.8 Å². The van der Waals surface area contributed by atoms with Crippen molar-refractivity contribution in [2.75, 3.05) is 4.90 Å². The Labute approximate surface area is 110 Å². The van der Waals surface area contributed by atoms with Crippen LogP contribution in [-0.2, 0) is 0 Å². The van der Waals surface area contributed by atoms with Gasteiger partial charge in [0.15, 0.2) is 0 Å². The molecule has 4 nitrogen and oxygen atoms in total. The first kappa shape index (κ1) is 13.1. The highest BCUT2D eigenvalue weighted by Crippen LogP contribution is 2.29. The van der Waals surface area contributed by atoms with Crippen molar-refractivity contribution >= 4 is 40.2 Å². The summed E-state index contributed by atoms with van der Waals surface area (Å²) in [7, 11) is 0. The van der Waals surface area contributed by atoms with E-state index in [4.69, 9.17) is 23.2 Å². The summed E-state index contributed by atoms with van der Waals surface area (Å²) in [6, 6.07) is 4.46. The van der Waals surface area contributed by atoms with Crippen molar-refractivity contribution < 1.29 is 13.2 Å². The van der Waals surface area contributed by atoms with Crippen LogP contribution in [-0.4, -0.2) is 27.9 Å². The van der Waals surface area contributed by atoms with E-state index in [-0.39, 0.29) is 5.82 Å². The Morgan fingerprint density at radius 3 is 2.56 bits per heavy atom. The lowest BCUT2D eigenvalue weighted by molar-refractivity contribution is -0.0603. The number of rotatable bonds is 1. The minimum atomic E-state index is -4.71. The first-order valence-corrected chi connectivity index (χ1v) is 5.44. The van der Waals surface area contributed by atoms with Crippen LogP contribution in [0.15, 0.2) is 34.4 Å². The molecule has 0 aromatic carbocycles. The van der Waals surface area contributed by atoms with E-state index < -0.39 is 22.9 Å². The lowest BCUT2D eigenvalue weighted by Gasteiger charge is -2.30. The van der Waals surface area contributed by atoms with Gasteiger partial charge in [0.25, 0.3) is 0 Å². The third kappa shape index (κ3) is 2.56. The third-order valence-corrected chi connectivity index (χ3v) is 2.48. The number of halogens is 5. The van der Waals surface area contributed by atoms with Crippen molar-refractivity contribution in [1.82, 2.24) is 4.98 Å². The van der Waals surface area contributed by atoms with Gasteiger partial charge in [-0.2, -0.15) is 18.2 Å². The summed E-state index contributed by atoms with van der Waals surface area (Å²) in [5.74, 6) is -1.26. The van der Waals surface area contributed by atoms with Crippen LogP contribution in [0.5, 0.6) is 0 Å². The van der Waals surface area contributed by atoms with Gasteiger partial charge in [0.05, 0.1) is 0 Å². The molecule has 1 aliphatic heterocycles. The number of aromatic nitrogens is 1. The van der Waals surface area contributed by atoms with Crippen molar-refractivity contribution in [1.29, 1.82) is 0 Å². The predicted octanol–water partition coefficient (Wildman–Crippen LogP) is 2.98. The molecule has 0 fully saturated rings. The van der Waals surface area contributed by atoms with Gasteiger partial charge in [-0.1, -0.05) is 17.7 Å². The molecule has 0 saturated carbocycles. The summed E-state index contributed by atoms with van der Waals surface area (Å²) < 4.78 is 38.6. The predicted molar refractivity (Wildman–Crippen MR) is 63.1 cm³/mol. The van der Waals surface area contributed by atoms with E-state index in [2.05, 4.69) is 15.0 Å². The number of alkyl halides is 4. The highest BCUT2D eigenvalue weighted by Gasteiger charge is 2.45. The lowest BCUT2D eigenvalue weighted by Crippen LogP contribution is -2.47. The average Bonchev–Trinajstić information content (AvgIpc) is 2.28. The van der Waals surface area contributed by atoms with Crippen molar-refractivity contribution in [3.63, 3.8) is 0 Å². The summed E-state index contributed by atoms with van der Waals surface area (Å²) in [6.45, 7) is 0. The Balaban J connectivity index is 2.48. The standard InChI is InChI=1S/C9H5Cl2F3N4/c10-7-16-6(9(12,13)14)18(8(11)17-7)5-3-1-2-4-15-5/h1-4,8H. The Morgan fingerprint density at radius 2 is 2.00 bits per heavy atom. The Bertz CT molecular complexity index is 500. The zero-order chi connectivity index (χ0) is 13.3. The Morgan fingerprint density at radius 1 is 1.28 bits per heavy atom. The van der Waals surface area contributed by atoms with Gasteiger partial charge in [0.1, 0.15) is 5.82 Å². The van der Waals surface area contributed by atoms with Crippen LogP contribution in [0.1, 0.15) is 0 Å². The molecule has 0 bridgehead atoms. The zero-order valence-electron chi connectivity index (χ0n) is 8.57. The largest absolute Gasteiger partial charge is 0.450 e. The fourth-order valence-electron chi connectivity index (χ4n) is 1.33. The number of anilines is 1. The molecule has 0 saturated heterocycles. The van der Waals surface area contributed by atoms with E-state index in [1.165, 1.54) is 18.3 Å². The molecular weight excluding hydrogens is 292 g/mol. The molecule has 0 N–H and O–H groups in total. The van der Waals surface area contributed by atoms with Crippen LogP contribution < -0.4 is 4.90 Å². The quantitative estimate of drug-likeness (QED) is 0.590. The van der Waals surface area contributed by atoms with Crippen molar-refractivity contribution in [2.45, 2.75) is 11.8 Å². The number of hydrogen-bond acceptors (Lipinski definition) is 4. The molecule has 1 aromatic heterocycles. The normalized spacial score (nSPS) is 20.5. The van der Waals surface area contributed by atoms with Crippen LogP contribution in [0.2, 0.25) is 0 Å². The third-order valence-electron chi connectivity index (χ3n) is 2.00. The highest BCUT2D eigenvalue weighted by atomic mass is 35.5. The van der Waals surface area contributed by atoms with Crippen molar-refractivity contribution in [2.24, 2.45) is 9.98 Å². The first-order valence-electron chi connectivity index (χ1n) is 4.63. The van der Waals surface area contributed by atoms with Crippen LogP contribution >= 0.6 is 23.2 Å². The summed E-state index contributed by atoms with van der Waals surface area (Å²) in [4.78, 5) is 11.2. The fraction of sp³-hybridized carbons (Fsp3) is 0.222. The van der Waals surface area contributed by atoms with Gasteiger partial charge in [-0.15, -0.1) is 0 Å². The molecule has 2 rings (SSSR count). The molecule has 1 unspecified atom stereocenters. The molecule has 18 heavy (non-hydrogen) atoms. The minimum Gasteiger partial charge on any atom is -0.270 e. The van der Waals surface area contributed by atoms with E-state index in [1.54, 1.807) is 6.07 Å². The fourth-order valence-corrected chi connectivity index (χ4v) is 1.84. The van der Waals surface area contributed by atoms with E-state index in [9.17, 15) is 13.2 Å². The molecule has 9 heteroatoms. The number of amidine groups is 2. The van der Waals surface area contributed by atoms with Gasteiger partial charge >= 0.3 is 6.18 Å². The molecule has 0 radical (unpaired) electrons. The summed E-state index contributed by atoms with van der Waals surface area (Å²) in [5, 5.41) is -0.547. The second-order valence-electron chi connectivity index (χ2n) is 3.20. The average molecular weight is 297 g/mol. The number of nitrogens with zero attached hydrogens (tertiary/aromatic N) is 4. The summed E-state index contributed by atoms with van der Waals surface area (Å²) >= 11 is 11.1. The molecule has 0 spiro atoms. The van der Waals surface area contributed by atoms with Gasteiger partial charge in [0, 0.05) is 6.20 Å². The van der Waals surface area contributed by atoms with E-state index in [0.29, 0.717) is 4.90 Å². The molecule has 96 valence electrons. The molecule has 1 atom stereocenters. The van der Waals surface area contributed by atoms with Crippen LogP contribution in [0.25, 0.3) is 0 Å². The molecular formula is C9H5Cl2F3N4. The second-order valence-corrected chi connectivity index (χ2v) is 3.93. The lowest BCUT2D eigenvalue weighted by atomic mass is 10.4. The maximum absolute atomic E-state index is 12.9. The molecule has 0 aliphatic carbocycles. The van der Waals surface area contributed by atoms with E-state index in [1.807, 2.05) is 0 Å². The topological polar surface area (TPSA) is 40.9 Å². The second kappa shape index (κ2) is 4.74. The van der Waals surface area contributed by atoms with Crippen LogP contribution in [0.3, 0.4) is 0 Å². The van der Waals surface area contributed by atoms with Crippen molar-refractivity contribution in [3.05, 3.63) is 24.4 Å². The maximum Gasteiger partial charge on any atom is 0.450 e. The summed E-state index contributed by atoms with van der Waals surface area (Å²) in [6.07, 6.45) is -3.37. The Hall–Kier alpha value is -1.34. The highest BCUT2D eigenvalue weighted by molar-refractivity contribution is 6.66. The van der Waals surface area contributed by atoms with Gasteiger partial charge < -0.3 is 0 Å². The van der Waals surface area contributed by atoms with Crippen molar-refractivity contribution in [3.8, 4) is 0 Å². The maximum atomic E-state index is 12.9. The minimum absolute atomic E-state index is 0.0125. The van der Waals surface area contributed by atoms with Gasteiger partial charge in [-0.3, -0.25) is 4.90 Å². The smallest absolute Gasteiger partial charge is 0.270 e. The molecule has 1 aromatic rings. The first-order chi connectivity index (χ1) is 8.39. The SMILES string of the molecule is FC(F)(F)C1=NC(Cl)=NC(Cl)N1c1ccccn1. The molecule has 1 aliphatic rings. The molecule has 0 amide bonds. The summed E-state index contributed by atoms with van der Waals surface area (Å²) in [5.41, 5.74) is -1.35. The van der Waals surface area contributed by atoms with Gasteiger partial charge in [-0.05, 0) is 23.7 Å². The monoisotopic (exact) mass is 296 g/mol. The number of pyridine rings is 1.